The fourth-order valence-corrected chi connectivity index (χ4v) is 4.89. The number of benzene rings is 2. The lowest BCUT2D eigenvalue weighted by molar-refractivity contribution is -0.118. The molecule has 1 aliphatic rings. The number of aryl methyl sites for hydroxylation is 1. The van der Waals surface area contributed by atoms with Crippen LogP contribution in [-0.4, -0.2) is 45.4 Å². The summed E-state index contributed by atoms with van der Waals surface area (Å²) in [5.41, 5.74) is 1.39. The molecular weight excluding hydrogens is 404 g/mol. The van der Waals surface area contributed by atoms with Gasteiger partial charge in [-0.25, -0.2) is 8.42 Å². The highest BCUT2D eigenvalue weighted by atomic mass is 32.2. The van der Waals surface area contributed by atoms with Crippen LogP contribution in [0.5, 0.6) is 11.5 Å². The molecule has 0 saturated carbocycles. The molecule has 0 atom stereocenters. The Morgan fingerprint density at radius 1 is 1.03 bits per heavy atom. The Kier molecular flexibility index (Phi) is 7.33. The molecule has 0 radical (unpaired) electrons. The number of methoxy groups -OCH3 is 1. The highest BCUT2D eigenvalue weighted by molar-refractivity contribution is 7.89. The molecule has 30 heavy (non-hydrogen) atoms. The summed E-state index contributed by atoms with van der Waals surface area (Å²) < 4.78 is 38.4. The molecule has 0 spiro atoms. The van der Waals surface area contributed by atoms with E-state index in [9.17, 15) is 13.2 Å². The van der Waals surface area contributed by atoms with E-state index in [1.54, 1.807) is 18.2 Å². The van der Waals surface area contributed by atoms with Crippen LogP contribution in [0.15, 0.2) is 47.4 Å². The van der Waals surface area contributed by atoms with Crippen LogP contribution in [0.2, 0.25) is 0 Å². The van der Waals surface area contributed by atoms with E-state index in [4.69, 9.17) is 9.47 Å². The number of amides is 1. The zero-order valence-corrected chi connectivity index (χ0v) is 18.2. The number of sulfonamides is 1. The molecule has 1 heterocycles. The Bertz CT molecular complexity index is 966. The minimum atomic E-state index is -3.63. The van der Waals surface area contributed by atoms with Crippen LogP contribution in [0.1, 0.15) is 31.2 Å². The quantitative estimate of drug-likeness (QED) is 0.723. The van der Waals surface area contributed by atoms with Gasteiger partial charge in [-0.2, -0.15) is 4.31 Å². The lowest BCUT2D eigenvalue weighted by Crippen LogP contribution is -2.32. The first-order valence-corrected chi connectivity index (χ1v) is 11.5. The molecule has 0 aliphatic carbocycles. The fourth-order valence-electron chi connectivity index (χ4n) is 3.35. The van der Waals surface area contributed by atoms with E-state index in [-0.39, 0.29) is 11.5 Å². The molecule has 1 saturated heterocycles. The van der Waals surface area contributed by atoms with E-state index >= 15 is 0 Å². The number of carbonyl (C=O) groups is 1. The number of carbonyl (C=O) groups excluding carboxylic acids is 1. The third kappa shape index (κ3) is 5.52. The van der Waals surface area contributed by atoms with Crippen molar-refractivity contribution in [2.45, 2.75) is 37.5 Å². The van der Waals surface area contributed by atoms with Crippen LogP contribution >= 0.6 is 0 Å². The van der Waals surface area contributed by atoms with E-state index in [0.717, 1.165) is 31.2 Å². The van der Waals surface area contributed by atoms with Crippen molar-refractivity contribution in [3.8, 4) is 11.5 Å². The summed E-state index contributed by atoms with van der Waals surface area (Å²) in [6.45, 7) is 2.80. The van der Waals surface area contributed by atoms with Gasteiger partial charge in [0.05, 0.1) is 17.7 Å². The van der Waals surface area contributed by atoms with Crippen molar-refractivity contribution in [2.75, 3.05) is 32.1 Å². The standard InChI is InChI=1S/C22H28N2O5S/c1-17-7-9-18(10-8-17)29-16-22(25)23-20-15-19(11-12-21(20)28-2)30(26,27)24-13-5-3-4-6-14-24/h7-12,15H,3-6,13-14,16H2,1-2H3,(H,23,25). The molecule has 2 aromatic rings. The Hall–Kier alpha value is -2.58. The third-order valence-electron chi connectivity index (χ3n) is 5.04. The highest BCUT2D eigenvalue weighted by Gasteiger charge is 2.26. The zero-order chi connectivity index (χ0) is 21.6. The number of anilines is 1. The maximum atomic E-state index is 13.1. The zero-order valence-electron chi connectivity index (χ0n) is 17.4. The van der Waals surface area contributed by atoms with Gasteiger partial charge in [-0.1, -0.05) is 30.5 Å². The molecule has 1 N–H and O–H groups in total. The number of nitrogens with zero attached hydrogens (tertiary/aromatic N) is 1. The molecule has 7 nitrogen and oxygen atoms in total. The molecule has 0 unspecified atom stereocenters. The van der Waals surface area contributed by atoms with Gasteiger partial charge in [0.1, 0.15) is 11.5 Å². The summed E-state index contributed by atoms with van der Waals surface area (Å²) in [6, 6.07) is 11.9. The van der Waals surface area contributed by atoms with Gasteiger partial charge < -0.3 is 14.8 Å². The normalized spacial score (nSPS) is 15.3. The topological polar surface area (TPSA) is 84.9 Å². The largest absolute Gasteiger partial charge is 0.495 e. The average Bonchev–Trinajstić information content (AvgIpc) is 3.03. The van der Waals surface area contributed by atoms with Gasteiger partial charge in [0.25, 0.3) is 5.91 Å². The van der Waals surface area contributed by atoms with Gasteiger partial charge in [-0.3, -0.25) is 4.79 Å². The van der Waals surface area contributed by atoms with Crippen molar-refractivity contribution < 1.29 is 22.7 Å². The Morgan fingerprint density at radius 2 is 1.70 bits per heavy atom. The molecule has 1 fully saturated rings. The maximum absolute atomic E-state index is 13.1. The van der Waals surface area contributed by atoms with Crippen LogP contribution in [-0.2, 0) is 14.8 Å². The second-order valence-corrected chi connectivity index (χ2v) is 9.27. The van der Waals surface area contributed by atoms with Crippen molar-refractivity contribution in [3.05, 3.63) is 48.0 Å². The van der Waals surface area contributed by atoms with Crippen molar-refractivity contribution in [3.63, 3.8) is 0 Å². The second-order valence-electron chi connectivity index (χ2n) is 7.33. The molecule has 1 aliphatic heterocycles. The summed E-state index contributed by atoms with van der Waals surface area (Å²) >= 11 is 0. The highest BCUT2D eigenvalue weighted by Crippen LogP contribution is 2.30. The lowest BCUT2D eigenvalue weighted by Gasteiger charge is -2.21. The first-order valence-electron chi connectivity index (χ1n) is 10.1. The minimum absolute atomic E-state index is 0.139. The van der Waals surface area contributed by atoms with Gasteiger partial charge >= 0.3 is 0 Å². The van der Waals surface area contributed by atoms with E-state index in [2.05, 4.69) is 5.32 Å². The number of rotatable bonds is 7. The van der Waals surface area contributed by atoms with E-state index < -0.39 is 15.9 Å². The molecule has 1 amide bonds. The van der Waals surface area contributed by atoms with Crippen molar-refractivity contribution >= 4 is 21.6 Å². The summed E-state index contributed by atoms with van der Waals surface area (Å²) in [4.78, 5) is 12.5. The van der Waals surface area contributed by atoms with Crippen LogP contribution in [0.4, 0.5) is 5.69 Å². The van der Waals surface area contributed by atoms with Crippen molar-refractivity contribution in [2.24, 2.45) is 0 Å². The summed E-state index contributed by atoms with van der Waals surface area (Å²) in [6.07, 6.45) is 3.79. The van der Waals surface area contributed by atoms with Gasteiger partial charge in [-0.05, 0) is 50.1 Å². The van der Waals surface area contributed by atoms with Crippen LogP contribution in [0, 0.1) is 6.92 Å². The second kappa shape index (κ2) is 9.95. The monoisotopic (exact) mass is 432 g/mol. The molecule has 0 bridgehead atoms. The van der Waals surface area contributed by atoms with Crippen LogP contribution in [0.3, 0.4) is 0 Å². The molecule has 3 rings (SSSR count). The van der Waals surface area contributed by atoms with Gasteiger partial charge in [0.2, 0.25) is 10.0 Å². The van der Waals surface area contributed by atoms with E-state index in [0.29, 0.717) is 30.3 Å². The van der Waals surface area contributed by atoms with E-state index in [1.807, 2.05) is 19.1 Å². The summed E-state index contributed by atoms with van der Waals surface area (Å²) in [5.74, 6) is 0.562. The number of nitrogens with one attached hydrogen (secondary N) is 1. The fraction of sp³-hybridized carbons (Fsp3) is 0.409. The van der Waals surface area contributed by atoms with Crippen LogP contribution < -0.4 is 14.8 Å². The smallest absolute Gasteiger partial charge is 0.262 e. The van der Waals surface area contributed by atoms with Crippen LogP contribution in [0.25, 0.3) is 0 Å². The van der Waals surface area contributed by atoms with Crippen molar-refractivity contribution in [1.29, 1.82) is 0 Å². The number of hydrogen-bond acceptors (Lipinski definition) is 5. The lowest BCUT2D eigenvalue weighted by atomic mass is 10.2. The Balaban J connectivity index is 1.73. The first kappa shape index (κ1) is 22.1. The Labute approximate surface area is 178 Å². The number of hydrogen-bond donors (Lipinski definition) is 1. The van der Waals surface area contributed by atoms with E-state index in [1.165, 1.54) is 23.5 Å². The maximum Gasteiger partial charge on any atom is 0.262 e. The van der Waals surface area contributed by atoms with Crippen molar-refractivity contribution in [1.82, 2.24) is 4.31 Å². The summed E-state index contributed by atoms with van der Waals surface area (Å²) in [5, 5.41) is 2.70. The molecule has 8 heteroatoms. The molecule has 0 aromatic heterocycles. The third-order valence-corrected chi connectivity index (χ3v) is 6.93. The predicted molar refractivity (Wildman–Crippen MR) is 116 cm³/mol. The molecule has 2 aromatic carbocycles. The summed E-state index contributed by atoms with van der Waals surface area (Å²) in [7, 11) is -2.16. The molecule has 162 valence electrons. The van der Waals surface area contributed by atoms with Gasteiger partial charge in [0.15, 0.2) is 6.61 Å². The minimum Gasteiger partial charge on any atom is -0.495 e. The van der Waals surface area contributed by atoms with Gasteiger partial charge in [-0.15, -0.1) is 0 Å². The number of ether oxygens (including phenoxy) is 2. The van der Waals surface area contributed by atoms with Gasteiger partial charge in [0, 0.05) is 13.1 Å². The first-order chi connectivity index (χ1) is 14.4. The average molecular weight is 433 g/mol. The predicted octanol–water partition coefficient (Wildman–Crippen LogP) is 3.59. The Morgan fingerprint density at radius 3 is 2.33 bits per heavy atom. The molecular formula is C22H28N2O5S. The SMILES string of the molecule is COc1ccc(S(=O)(=O)N2CCCCCC2)cc1NC(=O)COc1ccc(C)cc1.